The molecule has 2 heteroatoms. The predicted octanol–water partition coefficient (Wildman–Crippen LogP) is 4.55. The Morgan fingerprint density at radius 1 is 1.04 bits per heavy atom. The van der Waals surface area contributed by atoms with Crippen LogP contribution in [0.1, 0.15) is 54.1 Å². The minimum absolute atomic E-state index is 0.114. The Hall–Kier alpha value is -1.83. The van der Waals surface area contributed by atoms with Crippen molar-refractivity contribution in [2.75, 3.05) is 0 Å². The second-order valence-electron chi connectivity index (χ2n) is 7.74. The second kappa shape index (κ2) is 4.83. The lowest BCUT2D eigenvalue weighted by atomic mass is 9.73. The fourth-order valence-electron chi connectivity index (χ4n) is 3.30. The highest BCUT2D eigenvalue weighted by molar-refractivity contribution is 5.74. The van der Waals surface area contributed by atoms with E-state index in [-0.39, 0.29) is 11.0 Å². The van der Waals surface area contributed by atoms with Gasteiger partial charge in [-0.25, -0.2) is 4.57 Å². The average molecular weight is 313 g/mol. The summed E-state index contributed by atoms with van der Waals surface area (Å²) in [5.41, 5.74) is 5.06. The fourth-order valence-corrected chi connectivity index (χ4v) is 3.30. The van der Waals surface area contributed by atoms with E-state index in [2.05, 4.69) is 46.8 Å². The molecule has 0 atom stereocenters. The first kappa shape index (κ1) is 12.6. The zero-order valence-corrected chi connectivity index (χ0v) is 15.2. The van der Waals surface area contributed by atoms with E-state index in [9.17, 15) is 0 Å². The maximum Gasteiger partial charge on any atom is 0.216 e. The molecule has 1 aliphatic rings. The van der Waals surface area contributed by atoms with Gasteiger partial charge in [-0.15, -0.1) is 0 Å². The summed E-state index contributed by atoms with van der Waals surface area (Å²) in [5, 5.41) is 0. The molecule has 0 N–H and O–H groups in total. The number of aromatic nitrogens is 1. The molecule has 0 saturated carbocycles. The molecule has 0 unspecified atom stereocenters. The average Bonchev–Trinajstić information content (AvgIpc) is 2.66. The van der Waals surface area contributed by atoms with Crippen molar-refractivity contribution in [1.82, 2.24) is 0 Å². The highest BCUT2D eigenvalue weighted by atomic mass is 16.5. The zero-order valence-electron chi connectivity index (χ0n) is 18.2. The second-order valence-corrected chi connectivity index (χ2v) is 7.74. The van der Waals surface area contributed by atoms with Crippen LogP contribution >= 0.6 is 0 Å². The molecule has 0 aliphatic carbocycles. The quantitative estimate of drug-likeness (QED) is 0.704. The number of ether oxygens (including phenoxy) is 1. The van der Waals surface area contributed by atoms with Gasteiger partial charge in [0, 0.05) is 26.7 Å². The third-order valence-electron chi connectivity index (χ3n) is 5.64. The van der Waals surface area contributed by atoms with Crippen LogP contribution in [0.25, 0.3) is 11.3 Å². The summed E-state index contributed by atoms with van der Waals surface area (Å²) in [6, 6.07) is 6.26. The number of fused-ring (bicyclic) bond motifs is 1. The molecule has 2 heterocycles. The van der Waals surface area contributed by atoms with Crippen molar-refractivity contribution >= 4 is 0 Å². The van der Waals surface area contributed by atoms with E-state index in [0.717, 1.165) is 28.1 Å². The van der Waals surface area contributed by atoms with Gasteiger partial charge >= 0.3 is 0 Å². The van der Waals surface area contributed by atoms with Crippen LogP contribution in [0.15, 0.2) is 24.4 Å². The molecule has 23 heavy (non-hydrogen) atoms. The van der Waals surface area contributed by atoms with Gasteiger partial charge < -0.3 is 4.74 Å². The van der Waals surface area contributed by atoms with Crippen LogP contribution in [-0.4, -0.2) is 5.60 Å². The first-order chi connectivity index (χ1) is 11.8. The Morgan fingerprint density at radius 2 is 1.74 bits per heavy atom. The molecule has 3 rings (SSSR count). The lowest BCUT2D eigenvalue weighted by Crippen LogP contribution is -2.42. The standard InChI is InChI=1S/C21H28NO/c1-13-9-10-16-19(23-21(6,7)20(16,4)5)18(13)17-11-14(2)15(3)12-22(17)8/h9-12H,1-8H3/q+1/i3D3. The molecular formula is C21H28NO+. The van der Waals surface area contributed by atoms with E-state index in [1.54, 1.807) is 6.20 Å². The van der Waals surface area contributed by atoms with Gasteiger partial charge in [0.15, 0.2) is 6.20 Å². The van der Waals surface area contributed by atoms with E-state index in [0.29, 0.717) is 5.56 Å². The Morgan fingerprint density at radius 3 is 2.39 bits per heavy atom. The summed E-state index contributed by atoms with van der Waals surface area (Å²) in [6.07, 6.45) is 1.72. The van der Waals surface area contributed by atoms with Crippen LogP contribution < -0.4 is 9.30 Å². The Balaban J connectivity index is 2.29. The van der Waals surface area contributed by atoms with Gasteiger partial charge in [-0.1, -0.05) is 26.0 Å². The van der Waals surface area contributed by atoms with Crippen LogP contribution in [-0.2, 0) is 12.5 Å². The van der Waals surface area contributed by atoms with E-state index in [1.165, 1.54) is 5.56 Å². The zero-order chi connectivity index (χ0) is 19.7. The third kappa shape index (κ3) is 2.19. The number of hydrogen-bond donors (Lipinski definition) is 0. The lowest BCUT2D eigenvalue weighted by molar-refractivity contribution is -0.660. The predicted molar refractivity (Wildman–Crippen MR) is 95.0 cm³/mol. The Bertz CT molecular complexity index is 895. The lowest BCUT2D eigenvalue weighted by Gasteiger charge is -2.33. The summed E-state index contributed by atoms with van der Waals surface area (Å²) in [4.78, 5) is 0. The molecule has 0 spiro atoms. The minimum atomic E-state index is -2.12. The van der Waals surface area contributed by atoms with E-state index >= 15 is 0 Å². The molecule has 1 aliphatic heterocycles. The molecule has 0 bridgehead atoms. The maximum atomic E-state index is 7.75. The van der Waals surface area contributed by atoms with Gasteiger partial charge in [0.2, 0.25) is 5.69 Å². The van der Waals surface area contributed by atoms with Crippen molar-refractivity contribution in [3.63, 3.8) is 0 Å². The van der Waals surface area contributed by atoms with Crippen LogP contribution in [0.2, 0.25) is 0 Å². The van der Waals surface area contributed by atoms with Gasteiger partial charge in [0.25, 0.3) is 0 Å². The summed E-state index contributed by atoms with van der Waals surface area (Å²) in [6.45, 7) is 10.5. The van der Waals surface area contributed by atoms with Gasteiger partial charge in [-0.3, -0.25) is 0 Å². The first-order valence-corrected chi connectivity index (χ1v) is 8.11. The molecule has 1 aromatic heterocycles. The normalized spacial score (nSPS) is 20.2. The monoisotopic (exact) mass is 313 g/mol. The molecule has 0 fully saturated rings. The van der Waals surface area contributed by atoms with Crippen molar-refractivity contribution in [1.29, 1.82) is 0 Å². The molecule has 0 saturated heterocycles. The number of hydrogen-bond acceptors (Lipinski definition) is 1. The molecule has 2 nitrogen and oxygen atoms in total. The van der Waals surface area contributed by atoms with E-state index in [4.69, 9.17) is 8.85 Å². The summed E-state index contributed by atoms with van der Waals surface area (Å²) in [7, 11) is 1.90. The number of benzene rings is 1. The summed E-state index contributed by atoms with van der Waals surface area (Å²) in [5.74, 6) is 0.914. The highest BCUT2D eigenvalue weighted by Crippen LogP contribution is 2.52. The van der Waals surface area contributed by atoms with Crippen molar-refractivity contribution in [3.8, 4) is 17.0 Å². The number of pyridine rings is 1. The largest absolute Gasteiger partial charge is 0.486 e. The number of aryl methyl sites for hydroxylation is 4. The van der Waals surface area contributed by atoms with Crippen molar-refractivity contribution < 1.29 is 13.4 Å². The Kier molecular flexibility index (Phi) is 2.64. The van der Waals surface area contributed by atoms with Gasteiger partial charge in [0.1, 0.15) is 18.4 Å². The number of nitrogens with zero attached hydrogens (tertiary/aromatic N) is 1. The molecule has 122 valence electrons. The third-order valence-corrected chi connectivity index (χ3v) is 5.64. The van der Waals surface area contributed by atoms with E-state index in [1.807, 2.05) is 24.6 Å². The summed E-state index contributed by atoms with van der Waals surface area (Å²) >= 11 is 0. The van der Waals surface area contributed by atoms with Crippen LogP contribution in [0.3, 0.4) is 0 Å². The topological polar surface area (TPSA) is 13.1 Å². The molecular weight excluding hydrogens is 282 g/mol. The van der Waals surface area contributed by atoms with Crippen molar-refractivity contribution in [3.05, 3.63) is 46.6 Å². The van der Waals surface area contributed by atoms with Gasteiger partial charge in [-0.2, -0.15) is 0 Å². The van der Waals surface area contributed by atoms with Gasteiger partial charge in [0.05, 0.1) is 5.56 Å². The highest BCUT2D eigenvalue weighted by Gasteiger charge is 2.49. The molecule has 0 radical (unpaired) electrons. The Labute approximate surface area is 144 Å². The van der Waals surface area contributed by atoms with E-state index < -0.39 is 6.85 Å². The summed E-state index contributed by atoms with van der Waals surface area (Å²) < 4.78 is 31.6. The molecule has 1 aromatic carbocycles. The SMILES string of the molecule is [2H]C([2H])([2H])c1c[n+](C)c(-c2c(C)ccc3c2OC(C)(C)C3(C)C)cc1C. The van der Waals surface area contributed by atoms with Crippen LogP contribution in [0.5, 0.6) is 5.75 Å². The molecule has 0 amide bonds. The van der Waals surface area contributed by atoms with Crippen LogP contribution in [0.4, 0.5) is 0 Å². The van der Waals surface area contributed by atoms with Crippen LogP contribution in [0, 0.1) is 20.7 Å². The molecule has 2 aromatic rings. The van der Waals surface area contributed by atoms with Crippen molar-refractivity contribution in [2.45, 2.75) is 59.4 Å². The minimum Gasteiger partial charge on any atom is -0.486 e. The smallest absolute Gasteiger partial charge is 0.216 e. The first-order valence-electron chi connectivity index (χ1n) is 9.61. The maximum absolute atomic E-state index is 7.75. The number of rotatable bonds is 1. The van der Waals surface area contributed by atoms with Gasteiger partial charge in [-0.05, 0) is 45.7 Å². The van der Waals surface area contributed by atoms with Crippen molar-refractivity contribution in [2.24, 2.45) is 7.05 Å². The fraction of sp³-hybridized carbons (Fsp3) is 0.476.